The number of nitrogens with zero attached hydrogens (tertiary/aromatic N) is 4. The Morgan fingerprint density at radius 2 is 1.77 bits per heavy atom. The van der Waals surface area contributed by atoms with Gasteiger partial charge in [0.1, 0.15) is 6.10 Å². The topological polar surface area (TPSA) is 66.0 Å². The number of ether oxygens (including phenoxy) is 1. The van der Waals surface area contributed by atoms with E-state index >= 15 is 0 Å². The number of fused-ring (bicyclic) bond motifs is 1. The normalized spacial score (nSPS) is 16.4. The van der Waals surface area contributed by atoms with E-state index in [0.29, 0.717) is 30.6 Å². The molecule has 2 aromatic heterocycles. The zero-order valence-electron chi connectivity index (χ0n) is 17.4. The van der Waals surface area contributed by atoms with Crippen molar-refractivity contribution in [3.8, 4) is 23.0 Å². The smallest absolute Gasteiger partial charge is 0.278 e. The molecule has 0 spiro atoms. The highest BCUT2D eigenvalue weighted by atomic mass is 16.5. The minimum Gasteiger partial charge on any atom is -0.365 e. The average molecular weight is 400 g/mol. The summed E-state index contributed by atoms with van der Waals surface area (Å²) >= 11 is 0. The maximum Gasteiger partial charge on any atom is 0.278 e. The third-order valence-electron chi connectivity index (χ3n) is 5.46. The molecule has 152 valence electrons. The van der Waals surface area contributed by atoms with Crippen molar-refractivity contribution in [3.05, 3.63) is 77.5 Å². The summed E-state index contributed by atoms with van der Waals surface area (Å²) in [6.45, 7) is 7.75. The Labute approximate surface area is 175 Å². The second-order valence-electron chi connectivity index (χ2n) is 8.66. The predicted octanol–water partition coefficient (Wildman–Crippen LogP) is 5.17. The van der Waals surface area contributed by atoms with Crippen molar-refractivity contribution in [2.24, 2.45) is 0 Å². The lowest BCUT2D eigenvalue weighted by molar-refractivity contribution is -0.00113. The van der Waals surface area contributed by atoms with Gasteiger partial charge in [0.2, 0.25) is 5.82 Å². The standard InChI is InChI=1S/C24H24N4O2/c1-24(2,3)18-11-9-17(10-12-18)22-25-23(30-27-22)20-13-19-15-29-21(14-28(19)26-20)16-7-5-4-6-8-16/h4-13,21H,14-15H2,1-3H3. The molecule has 1 unspecified atom stereocenters. The summed E-state index contributed by atoms with van der Waals surface area (Å²) in [6, 6.07) is 20.5. The molecule has 6 heteroatoms. The van der Waals surface area contributed by atoms with Crippen LogP contribution in [0.4, 0.5) is 0 Å². The van der Waals surface area contributed by atoms with Crippen molar-refractivity contribution in [1.82, 2.24) is 19.9 Å². The van der Waals surface area contributed by atoms with E-state index in [1.165, 1.54) is 5.56 Å². The maximum absolute atomic E-state index is 6.03. The van der Waals surface area contributed by atoms with E-state index in [9.17, 15) is 0 Å². The third-order valence-corrected chi connectivity index (χ3v) is 5.46. The Balaban J connectivity index is 1.37. The zero-order valence-corrected chi connectivity index (χ0v) is 17.4. The average Bonchev–Trinajstić information content (AvgIpc) is 3.40. The second kappa shape index (κ2) is 7.22. The first-order valence-corrected chi connectivity index (χ1v) is 10.2. The van der Waals surface area contributed by atoms with Gasteiger partial charge < -0.3 is 9.26 Å². The van der Waals surface area contributed by atoms with Crippen LogP contribution in [0.3, 0.4) is 0 Å². The Morgan fingerprint density at radius 1 is 1.00 bits per heavy atom. The number of benzene rings is 2. The lowest BCUT2D eigenvalue weighted by Crippen LogP contribution is -2.21. The fourth-order valence-corrected chi connectivity index (χ4v) is 3.66. The summed E-state index contributed by atoms with van der Waals surface area (Å²) in [4.78, 5) is 4.57. The van der Waals surface area contributed by atoms with Gasteiger partial charge in [0.15, 0.2) is 5.69 Å². The van der Waals surface area contributed by atoms with E-state index in [-0.39, 0.29) is 11.5 Å². The summed E-state index contributed by atoms with van der Waals surface area (Å²) in [5.41, 5.74) is 5.13. The number of hydrogen-bond acceptors (Lipinski definition) is 5. The molecule has 3 heterocycles. The maximum atomic E-state index is 6.03. The zero-order chi connectivity index (χ0) is 20.7. The molecule has 0 bridgehead atoms. The highest BCUT2D eigenvalue weighted by molar-refractivity contribution is 5.58. The van der Waals surface area contributed by atoms with Gasteiger partial charge in [-0.15, -0.1) is 0 Å². The highest BCUT2D eigenvalue weighted by Gasteiger charge is 2.24. The predicted molar refractivity (Wildman–Crippen MR) is 114 cm³/mol. The molecule has 0 fully saturated rings. The van der Waals surface area contributed by atoms with E-state index in [0.717, 1.165) is 16.8 Å². The molecule has 4 aromatic rings. The van der Waals surface area contributed by atoms with Gasteiger partial charge in [0.25, 0.3) is 5.89 Å². The van der Waals surface area contributed by atoms with Crippen LogP contribution in [0.5, 0.6) is 0 Å². The molecule has 0 amide bonds. The fourth-order valence-electron chi connectivity index (χ4n) is 3.66. The van der Waals surface area contributed by atoms with Crippen LogP contribution in [-0.4, -0.2) is 19.9 Å². The summed E-state index contributed by atoms with van der Waals surface area (Å²) in [5, 5.41) is 8.85. The molecule has 0 saturated heterocycles. The van der Waals surface area contributed by atoms with Crippen LogP contribution >= 0.6 is 0 Å². The van der Waals surface area contributed by atoms with E-state index < -0.39 is 0 Å². The molecule has 0 saturated carbocycles. The molecule has 2 aromatic carbocycles. The third kappa shape index (κ3) is 3.55. The van der Waals surface area contributed by atoms with Crippen molar-refractivity contribution < 1.29 is 9.26 Å². The van der Waals surface area contributed by atoms with Crippen LogP contribution in [0.2, 0.25) is 0 Å². The summed E-state index contributed by atoms with van der Waals surface area (Å²) < 4.78 is 13.5. The monoisotopic (exact) mass is 400 g/mol. The van der Waals surface area contributed by atoms with E-state index in [2.05, 4.69) is 55.2 Å². The first kappa shape index (κ1) is 18.8. The number of aromatic nitrogens is 4. The Morgan fingerprint density at radius 3 is 2.50 bits per heavy atom. The summed E-state index contributed by atoms with van der Waals surface area (Å²) in [5.74, 6) is 0.984. The van der Waals surface area contributed by atoms with Gasteiger partial charge in [0, 0.05) is 5.56 Å². The molecular weight excluding hydrogens is 376 g/mol. The quantitative estimate of drug-likeness (QED) is 0.475. The van der Waals surface area contributed by atoms with E-state index in [4.69, 9.17) is 14.4 Å². The second-order valence-corrected chi connectivity index (χ2v) is 8.66. The molecule has 1 atom stereocenters. The van der Waals surface area contributed by atoms with Crippen LogP contribution in [-0.2, 0) is 23.3 Å². The fraction of sp³-hybridized carbons (Fsp3) is 0.292. The summed E-state index contributed by atoms with van der Waals surface area (Å²) in [7, 11) is 0. The van der Waals surface area contributed by atoms with Crippen molar-refractivity contribution in [3.63, 3.8) is 0 Å². The first-order valence-electron chi connectivity index (χ1n) is 10.2. The van der Waals surface area contributed by atoms with Crippen molar-refractivity contribution >= 4 is 0 Å². The molecule has 5 rings (SSSR count). The number of hydrogen-bond donors (Lipinski definition) is 0. The molecule has 1 aliphatic rings. The van der Waals surface area contributed by atoms with E-state index in [1.54, 1.807) is 0 Å². The van der Waals surface area contributed by atoms with Crippen molar-refractivity contribution in [2.75, 3.05) is 0 Å². The van der Waals surface area contributed by atoms with Crippen LogP contribution in [0.1, 0.15) is 43.7 Å². The largest absolute Gasteiger partial charge is 0.365 e. The van der Waals surface area contributed by atoms with Gasteiger partial charge in [0.05, 0.1) is 18.8 Å². The van der Waals surface area contributed by atoms with Crippen LogP contribution in [0, 0.1) is 0 Å². The molecule has 0 radical (unpaired) electrons. The van der Waals surface area contributed by atoms with Crippen LogP contribution in [0.15, 0.2) is 65.2 Å². The Bertz CT molecular complexity index is 1150. The molecule has 30 heavy (non-hydrogen) atoms. The van der Waals surface area contributed by atoms with Gasteiger partial charge >= 0.3 is 0 Å². The van der Waals surface area contributed by atoms with Gasteiger partial charge in [-0.1, -0.05) is 80.5 Å². The minimum absolute atomic E-state index is 0.00831. The highest BCUT2D eigenvalue weighted by Crippen LogP contribution is 2.30. The van der Waals surface area contributed by atoms with Crippen molar-refractivity contribution in [1.29, 1.82) is 0 Å². The van der Waals surface area contributed by atoms with Gasteiger partial charge in [-0.25, -0.2) is 0 Å². The SMILES string of the molecule is CC(C)(C)c1ccc(-c2noc(-c3cc4n(n3)CC(c3ccccc3)OC4)n2)cc1. The number of rotatable bonds is 3. The molecule has 0 N–H and O–H groups in total. The van der Waals surface area contributed by atoms with Crippen LogP contribution in [0.25, 0.3) is 23.0 Å². The molecule has 1 aliphatic heterocycles. The van der Waals surface area contributed by atoms with Gasteiger partial charge in [-0.3, -0.25) is 4.68 Å². The lowest BCUT2D eigenvalue weighted by Gasteiger charge is -2.24. The van der Waals surface area contributed by atoms with Gasteiger partial charge in [-0.05, 0) is 22.6 Å². The minimum atomic E-state index is -0.00831. The molecule has 0 aliphatic carbocycles. The Hall–Kier alpha value is -3.25. The van der Waals surface area contributed by atoms with Crippen LogP contribution < -0.4 is 0 Å². The van der Waals surface area contributed by atoms with E-state index in [1.807, 2.05) is 41.1 Å². The van der Waals surface area contributed by atoms with Crippen molar-refractivity contribution in [2.45, 2.75) is 45.4 Å². The van der Waals surface area contributed by atoms with Gasteiger partial charge in [-0.2, -0.15) is 10.1 Å². The summed E-state index contributed by atoms with van der Waals surface area (Å²) in [6.07, 6.45) is -0.00831. The first-order chi connectivity index (χ1) is 14.5. The molecule has 6 nitrogen and oxygen atoms in total. The Kier molecular flexibility index (Phi) is 4.51. The molecular formula is C24H24N4O2. The lowest BCUT2D eigenvalue weighted by atomic mass is 9.87.